The molecule has 2 aromatic rings. The van der Waals surface area contributed by atoms with E-state index in [2.05, 4.69) is 4.98 Å². The van der Waals surface area contributed by atoms with Gasteiger partial charge in [-0.05, 0) is 38.5 Å². The van der Waals surface area contributed by atoms with Crippen LogP contribution in [0.2, 0.25) is 0 Å². The van der Waals surface area contributed by atoms with Gasteiger partial charge in [0.15, 0.2) is 0 Å². The number of rotatable bonds is 4. The van der Waals surface area contributed by atoms with Crippen molar-refractivity contribution in [2.24, 2.45) is 5.73 Å². The molecule has 0 aliphatic carbocycles. The molecule has 1 heterocycles. The molecule has 0 saturated carbocycles. The third-order valence-electron chi connectivity index (χ3n) is 3.16. The molecular weight excluding hydrogens is 284 g/mol. The highest BCUT2D eigenvalue weighted by molar-refractivity contribution is 6.05. The van der Waals surface area contributed by atoms with Crippen LogP contribution in [0.15, 0.2) is 24.4 Å². The summed E-state index contributed by atoms with van der Waals surface area (Å²) in [5.74, 6) is -1.52. The van der Waals surface area contributed by atoms with Crippen molar-refractivity contribution in [1.82, 2.24) is 4.98 Å². The fourth-order valence-corrected chi connectivity index (χ4v) is 2.24. The quantitative estimate of drug-likeness (QED) is 0.750. The molecule has 0 unspecified atom stereocenters. The molecule has 6 heteroatoms. The van der Waals surface area contributed by atoms with Crippen LogP contribution in [0.25, 0.3) is 10.9 Å². The minimum absolute atomic E-state index is 0.134. The monoisotopic (exact) mass is 304 g/mol. The zero-order valence-electron chi connectivity index (χ0n) is 12.8. The Morgan fingerprint density at radius 1 is 1.36 bits per heavy atom. The maximum Gasteiger partial charge on any atom is 0.339 e. The van der Waals surface area contributed by atoms with Crippen LogP contribution in [0.1, 0.15) is 36.7 Å². The van der Waals surface area contributed by atoms with E-state index in [1.165, 1.54) is 0 Å². The Hall–Kier alpha value is -2.34. The second-order valence-electron chi connectivity index (χ2n) is 6.19. The van der Waals surface area contributed by atoms with Gasteiger partial charge in [0.25, 0.3) is 0 Å². The normalized spacial score (nSPS) is 13.1. The molecule has 1 atom stereocenters. The van der Waals surface area contributed by atoms with Gasteiger partial charge in [0, 0.05) is 23.5 Å². The van der Waals surface area contributed by atoms with E-state index >= 15 is 0 Å². The van der Waals surface area contributed by atoms with Crippen molar-refractivity contribution in [2.75, 3.05) is 0 Å². The fourth-order valence-electron chi connectivity index (χ4n) is 2.24. The topological polar surface area (TPSA) is 105 Å². The van der Waals surface area contributed by atoms with Crippen molar-refractivity contribution in [2.45, 2.75) is 38.8 Å². The zero-order valence-corrected chi connectivity index (χ0v) is 12.8. The number of hydrogen-bond donors (Lipinski definition) is 3. The molecule has 0 amide bonds. The Labute approximate surface area is 128 Å². The Morgan fingerprint density at radius 2 is 2.05 bits per heavy atom. The van der Waals surface area contributed by atoms with Gasteiger partial charge >= 0.3 is 11.9 Å². The van der Waals surface area contributed by atoms with Gasteiger partial charge in [0.2, 0.25) is 0 Å². The summed E-state index contributed by atoms with van der Waals surface area (Å²) in [7, 11) is 0. The van der Waals surface area contributed by atoms with Gasteiger partial charge < -0.3 is 20.6 Å². The van der Waals surface area contributed by atoms with E-state index in [4.69, 9.17) is 15.6 Å². The number of carboxylic acid groups (broad SMARTS) is 1. The summed E-state index contributed by atoms with van der Waals surface area (Å²) in [6.07, 6.45) is 1.82. The van der Waals surface area contributed by atoms with E-state index in [-0.39, 0.29) is 6.42 Å². The number of fused-ring (bicyclic) bond motifs is 1. The molecule has 4 N–H and O–H groups in total. The first-order valence-corrected chi connectivity index (χ1v) is 7.00. The first-order chi connectivity index (χ1) is 10.2. The molecule has 0 aliphatic heterocycles. The van der Waals surface area contributed by atoms with Crippen molar-refractivity contribution < 1.29 is 19.4 Å². The van der Waals surface area contributed by atoms with Crippen LogP contribution in [0.4, 0.5) is 0 Å². The van der Waals surface area contributed by atoms with Crippen LogP contribution in [-0.4, -0.2) is 33.7 Å². The van der Waals surface area contributed by atoms with Crippen LogP contribution in [0.3, 0.4) is 0 Å². The molecule has 22 heavy (non-hydrogen) atoms. The van der Waals surface area contributed by atoms with Gasteiger partial charge in [-0.2, -0.15) is 0 Å². The summed E-state index contributed by atoms with van der Waals surface area (Å²) in [4.78, 5) is 26.3. The third-order valence-corrected chi connectivity index (χ3v) is 3.16. The van der Waals surface area contributed by atoms with Gasteiger partial charge in [-0.15, -0.1) is 0 Å². The SMILES string of the molecule is CC(C)(C)OC(=O)c1cccc2[nH]cc(C[C@@H](N)C(=O)O)c12. The number of hydrogen-bond acceptors (Lipinski definition) is 4. The fraction of sp³-hybridized carbons (Fsp3) is 0.375. The van der Waals surface area contributed by atoms with E-state index in [0.29, 0.717) is 16.5 Å². The molecule has 0 bridgehead atoms. The van der Waals surface area contributed by atoms with Crippen molar-refractivity contribution in [3.05, 3.63) is 35.5 Å². The number of carbonyl (C=O) groups is 2. The Balaban J connectivity index is 2.45. The summed E-state index contributed by atoms with van der Waals surface area (Å²) >= 11 is 0. The van der Waals surface area contributed by atoms with E-state index in [1.54, 1.807) is 39.1 Å². The van der Waals surface area contributed by atoms with Crippen molar-refractivity contribution >= 4 is 22.8 Å². The predicted molar refractivity (Wildman–Crippen MR) is 82.8 cm³/mol. The molecule has 1 aromatic heterocycles. The number of nitrogens with two attached hydrogens (primary N) is 1. The van der Waals surface area contributed by atoms with E-state index in [9.17, 15) is 9.59 Å². The van der Waals surface area contributed by atoms with Crippen LogP contribution < -0.4 is 5.73 Å². The number of H-pyrrole nitrogens is 1. The number of aromatic amines is 1. The maximum atomic E-state index is 12.4. The molecule has 0 spiro atoms. The zero-order chi connectivity index (χ0) is 16.5. The van der Waals surface area contributed by atoms with E-state index < -0.39 is 23.6 Å². The molecule has 2 rings (SSSR count). The maximum absolute atomic E-state index is 12.4. The van der Waals surface area contributed by atoms with Crippen molar-refractivity contribution in [1.29, 1.82) is 0 Å². The lowest BCUT2D eigenvalue weighted by atomic mass is 10.0. The number of aromatic nitrogens is 1. The summed E-state index contributed by atoms with van der Waals surface area (Å²) in [6.45, 7) is 5.39. The highest BCUT2D eigenvalue weighted by atomic mass is 16.6. The predicted octanol–water partition coefficient (Wildman–Crippen LogP) is 2.08. The first kappa shape index (κ1) is 16.0. The molecule has 6 nitrogen and oxygen atoms in total. The molecule has 0 radical (unpaired) electrons. The van der Waals surface area contributed by atoms with Crippen LogP contribution >= 0.6 is 0 Å². The number of ether oxygens (including phenoxy) is 1. The van der Waals surface area contributed by atoms with Gasteiger partial charge in [0.1, 0.15) is 11.6 Å². The Bertz CT molecular complexity index is 712. The lowest BCUT2D eigenvalue weighted by molar-refractivity contribution is -0.138. The van der Waals surface area contributed by atoms with Gasteiger partial charge in [-0.25, -0.2) is 4.79 Å². The van der Waals surface area contributed by atoms with Gasteiger partial charge in [-0.3, -0.25) is 4.79 Å². The number of benzene rings is 1. The highest BCUT2D eigenvalue weighted by Gasteiger charge is 2.22. The average molecular weight is 304 g/mol. The smallest absolute Gasteiger partial charge is 0.339 e. The molecule has 0 aliphatic rings. The minimum Gasteiger partial charge on any atom is -0.480 e. The number of nitrogens with one attached hydrogen (secondary N) is 1. The summed E-state index contributed by atoms with van der Waals surface area (Å²) < 4.78 is 5.41. The first-order valence-electron chi connectivity index (χ1n) is 7.00. The number of esters is 1. The molecule has 1 aromatic carbocycles. The molecule has 118 valence electrons. The number of aliphatic carboxylic acids is 1. The Kier molecular flexibility index (Phi) is 4.23. The molecule has 0 fully saturated rings. The second kappa shape index (κ2) is 5.81. The largest absolute Gasteiger partial charge is 0.480 e. The van der Waals surface area contributed by atoms with Crippen LogP contribution in [-0.2, 0) is 16.0 Å². The molecular formula is C16H20N2O4. The van der Waals surface area contributed by atoms with Crippen LogP contribution in [0.5, 0.6) is 0 Å². The third kappa shape index (κ3) is 3.46. The van der Waals surface area contributed by atoms with E-state index in [1.807, 2.05) is 6.07 Å². The van der Waals surface area contributed by atoms with E-state index in [0.717, 1.165) is 5.52 Å². The summed E-state index contributed by atoms with van der Waals surface area (Å²) in [5, 5.41) is 9.62. The lowest BCUT2D eigenvalue weighted by Crippen LogP contribution is -2.32. The second-order valence-corrected chi connectivity index (χ2v) is 6.19. The highest BCUT2D eigenvalue weighted by Crippen LogP contribution is 2.25. The Morgan fingerprint density at radius 3 is 2.64 bits per heavy atom. The van der Waals surface area contributed by atoms with Gasteiger partial charge in [-0.1, -0.05) is 6.07 Å². The lowest BCUT2D eigenvalue weighted by Gasteiger charge is -2.20. The van der Waals surface area contributed by atoms with Crippen molar-refractivity contribution in [3.63, 3.8) is 0 Å². The van der Waals surface area contributed by atoms with Crippen LogP contribution in [0, 0.1) is 0 Å². The average Bonchev–Trinajstić information content (AvgIpc) is 2.79. The van der Waals surface area contributed by atoms with Crippen molar-refractivity contribution in [3.8, 4) is 0 Å². The summed E-state index contributed by atoms with van der Waals surface area (Å²) in [5.41, 5.74) is 6.83. The minimum atomic E-state index is -1.08. The number of carboxylic acids is 1. The molecule has 0 saturated heterocycles. The standard InChI is InChI=1S/C16H20N2O4/c1-16(2,3)22-15(21)10-5-4-6-12-13(10)9(8-18-12)7-11(17)14(19)20/h4-6,8,11,18H,7,17H2,1-3H3,(H,19,20)/t11-/m1/s1. The van der Waals surface area contributed by atoms with Gasteiger partial charge in [0.05, 0.1) is 5.56 Å². The number of carbonyl (C=O) groups excluding carboxylic acids is 1. The summed E-state index contributed by atoms with van der Waals surface area (Å²) in [6, 6.07) is 4.21.